The maximum atomic E-state index is 13.3. The van der Waals surface area contributed by atoms with Gasteiger partial charge in [0.05, 0.1) is 32.1 Å². The van der Waals surface area contributed by atoms with Crippen LogP contribution < -0.4 is 33.9 Å². The molecule has 1 unspecified atom stereocenters. The lowest BCUT2D eigenvalue weighted by molar-refractivity contribution is -0.125. The number of nitrogens with one attached hydrogen (secondary N) is 1. The van der Waals surface area contributed by atoms with E-state index in [9.17, 15) is 9.59 Å². The third-order valence-electron chi connectivity index (χ3n) is 6.20. The zero-order valence-corrected chi connectivity index (χ0v) is 23.6. The van der Waals surface area contributed by atoms with E-state index in [1.54, 1.807) is 42.2 Å². The van der Waals surface area contributed by atoms with Crippen LogP contribution in [0.4, 0.5) is 11.4 Å². The highest BCUT2D eigenvalue weighted by Crippen LogP contribution is 2.40. The van der Waals surface area contributed by atoms with Gasteiger partial charge in [0.15, 0.2) is 17.6 Å². The lowest BCUT2D eigenvalue weighted by Crippen LogP contribution is -2.46. The zero-order valence-electron chi connectivity index (χ0n) is 23.6. The molecule has 2 amide bonds. The standard InChI is InChI=1S/C31H36N2O7/c1-6-36-27-17-22(18-28(37-7-2)29(27)38-8-3)30(34)32-23-11-14-26-25(19-23)33(31(35)21(5)40-26)15-16-39-24-12-9-20(4)10-13-24/h9-14,17-19,21H,6-8,15-16H2,1-5H3,(H,32,34). The molecular formula is C31H36N2O7. The molecule has 1 atom stereocenters. The highest BCUT2D eigenvalue weighted by atomic mass is 16.5. The molecule has 3 aromatic carbocycles. The molecule has 0 aliphatic carbocycles. The highest BCUT2D eigenvalue weighted by molar-refractivity contribution is 6.06. The van der Waals surface area contributed by atoms with Gasteiger partial charge < -0.3 is 33.9 Å². The third kappa shape index (κ3) is 6.59. The van der Waals surface area contributed by atoms with Gasteiger partial charge >= 0.3 is 0 Å². The molecule has 0 spiro atoms. The summed E-state index contributed by atoms with van der Waals surface area (Å²) in [4.78, 5) is 28.0. The van der Waals surface area contributed by atoms with Crippen molar-refractivity contribution < 1.29 is 33.3 Å². The van der Waals surface area contributed by atoms with E-state index < -0.39 is 6.10 Å². The van der Waals surface area contributed by atoms with Crippen LogP contribution in [0.15, 0.2) is 54.6 Å². The number of fused-ring (bicyclic) bond motifs is 1. The molecule has 0 bridgehead atoms. The summed E-state index contributed by atoms with van der Waals surface area (Å²) in [7, 11) is 0. The highest BCUT2D eigenvalue weighted by Gasteiger charge is 2.32. The molecule has 1 heterocycles. The Hall–Kier alpha value is -4.40. The van der Waals surface area contributed by atoms with Gasteiger partial charge in [-0.05, 0) is 77.1 Å². The summed E-state index contributed by atoms with van der Waals surface area (Å²) < 4.78 is 28.9. The normalized spacial score (nSPS) is 14.2. The Balaban J connectivity index is 1.55. The fraction of sp³-hybridized carbons (Fsp3) is 0.355. The molecule has 9 nitrogen and oxygen atoms in total. The Bertz CT molecular complexity index is 1310. The first-order valence-electron chi connectivity index (χ1n) is 13.5. The largest absolute Gasteiger partial charge is 0.492 e. The van der Waals surface area contributed by atoms with Gasteiger partial charge in [-0.15, -0.1) is 0 Å². The first-order chi connectivity index (χ1) is 19.3. The number of ether oxygens (including phenoxy) is 5. The molecule has 0 saturated heterocycles. The predicted octanol–water partition coefficient (Wildman–Crippen LogP) is 5.64. The fourth-order valence-electron chi connectivity index (χ4n) is 4.33. The second-order valence-electron chi connectivity index (χ2n) is 9.15. The summed E-state index contributed by atoms with van der Waals surface area (Å²) in [5.41, 5.74) is 2.55. The second-order valence-corrected chi connectivity index (χ2v) is 9.15. The van der Waals surface area contributed by atoms with Crippen LogP contribution in [0.25, 0.3) is 0 Å². The number of hydrogen-bond donors (Lipinski definition) is 1. The lowest BCUT2D eigenvalue weighted by Gasteiger charge is -2.33. The number of amides is 2. The maximum Gasteiger partial charge on any atom is 0.267 e. The van der Waals surface area contributed by atoms with Crippen molar-refractivity contribution in [3.63, 3.8) is 0 Å². The van der Waals surface area contributed by atoms with Crippen LogP contribution in [-0.2, 0) is 4.79 Å². The predicted molar refractivity (Wildman–Crippen MR) is 153 cm³/mol. The van der Waals surface area contributed by atoms with Gasteiger partial charge in [-0.2, -0.15) is 0 Å². The smallest absolute Gasteiger partial charge is 0.267 e. The SMILES string of the molecule is CCOc1cc(C(=O)Nc2ccc3c(c2)N(CCOc2ccc(C)cc2)C(=O)C(C)O3)cc(OCC)c1OCC. The number of carbonyl (C=O) groups excluding carboxylic acids is 2. The van der Waals surface area contributed by atoms with E-state index in [0.717, 1.165) is 11.3 Å². The van der Waals surface area contributed by atoms with Crippen LogP contribution in [0.3, 0.4) is 0 Å². The molecule has 40 heavy (non-hydrogen) atoms. The number of aryl methyl sites for hydroxylation is 1. The quantitative estimate of drug-likeness (QED) is 0.313. The Kier molecular flexibility index (Phi) is 9.37. The van der Waals surface area contributed by atoms with Gasteiger partial charge in [-0.1, -0.05) is 17.7 Å². The summed E-state index contributed by atoms with van der Waals surface area (Å²) in [6, 6.07) is 16.2. The molecule has 3 aromatic rings. The van der Waals surface area contributed by atoms with E-state index in [1.165, 1.54) is 0 Å². The first-order valence-corrected chi connectivity index (χ1v) is 13.5. The first kappa shape index (κ1) is 28.6. The van der Waals surface area contributed by atoms with Crippen molar-refractivity contribution >= 4 is 23.2 Å². The molecule has 1 N–H and O–H groups in total. The summed E-state index contributed by atoms with van der Waals surface area (Å²) in [5.74, 6) is 2.06. The van der Waals surface area contributed by atoms with E-state index in [1.807, 2.05) is 52.0 Å². The van der Waals surface area contributed by atoms with Crippen LogP contribution in [0.1, 0.15) is 43.6 Å². The van der Waals surface area contributed by atoms with E-state index in [0.29, 0.717) is 72.9 Å². The van der Waals surface area contributed by atoms with Crippen molar-refractivity contribution in [3.8, 4) is 28.7 Å². The van der Waals surface area contributed by atoms with E-state index in [-0.39, 0.29) is 11.8 Å². The molecular weight excluding hydrogens is 512 g/mol. The summed E-state index contributed by atoms with van der Waals surface area (Å²) in [6.45, 7) is 11.2. The fourth-order valence-corrected chi connectivity index (χ4v) is 4.33. The minimum absolute atomic E-state index is 0.183. The number of carbonyl (C=O) groups is 2. The van der Waals surface area contributed by atoms with Gasteiger partial charge in [0.25, 0.3) is 11.8 Å². The average Bonchev–Trinajstić information content (AvgIpc) is 2.94. The van der Waals surface area contributed by atoms with Gasteiger partial charge in [-0.25, -0.2) is 0 Å². The van der Waals surface area contributed by atoms with Crippen LogP contribution in [0, 0.1) is 6.92 Å². The monoisotopic (exact) mass is 548 g/mol. The van der Waals surface area contributed by atoms with Crippen molar-refractivity contribution in [2.24, 2.45) is 0 Å². The van der Waals surface area contributed by atoms with Crippen LogP contribution in [0.2, 0.25) is 0 Å². The molecule has 0 saturated carbocycles. The molecule has 0 fully saturated rings. The number of nitrogens with zero attached hydrogens (tertiary/aromatic N) is 1. The Labute approximate surface area is 234 Å². The van der Waals surface area contributed by atoms with Gasteiger partial charge in [-0.3, -0.25) is 9.59 Å². The van der Waals surface area contributed by atoms with Crippen molar-refractivity contribution in [1.29, 1.82) is 0 Å². The molecule has 4 rings (SSSR count). The van der Waals surface area contributed by atoms with Crippen molar-refractivity contribution in [3.05, 3.63) is 65.7 Å². The summed E-state index contributed by atoms with van der Waals surface area (Å²) in [6.07, 6.45) is -0.634. The zero-order chi connectivity index (χ0) is 28.6. The topological polar surface area (TPSA) is 95.6 Å². The summed E-state index contributed by atoms with van der Waals surface area (Å²) >= 11 is 0. The number of rotatable bonds is 12. The lowest BCUT2D eigenvalue weighted by atomic mass is 10.1. The minimum atomic E-state index is -0.634. The second kappa shape index (κ2) is 13.1. The van der Waals surface area contributed by atoms with Gasteiger partial charge in [0.1, 0.15) is 18.1 Å². The van der Waals surface area contributed by atoms with Crippen LogP contribution >= 0.6 is 0 Å². The Morgan fingerprint density at radius 2 is 1.55 bits per heavy atom. The van der Waals surface area contributed by atoms with Gasteiger partial charge in [0.2, 0.25) is 5.75 Å². The number of hydrogen-bond acceptors (Lipinski definition) is 7. The number of benzene rings is 3. The van der Waals surface area contributed by atoms with Crippen molar-refractivity contribution in [2.45, 2.75) is 40.7 Å². The average molecular weight is 549 g/mol. The van der Waals surface area contributed by atoms with Crippen LogP contribution in [-0.4, -0.2) is 50.9 Å². The van der Waals surface area contributed by atoms with E-state index in [4.69, 9.17) is 23.7 Å². The van der Waals surface area contributed by atoms with E-state index in [2.05, 4.69) is 5.32 Å². The third-order valence-corrected chi connectivity index (χ3v) is 6.20. The molecule has 9 heteroatoms. The van der Waals surface area contributed by atoms with E-state index >= 15 is 0 Å². The van der Waals surface area contributed by atoms with Crippen molar-refractivity contribution in [1.82, 2.24) is 0 Å². The maximum absolute atomic E-state index is 13.3. The molecule has 212 valence electrons. The molecule has 1 aliphatic heterocycles. The minimum Gasteiger partial charge on any atom is -0.492 e. The Morgan fingerprint density at radius 1 is 0.900 bits per heavy atom. The Morgan fingerprint density at radius 3 is 2.17 bits per heavy atom. The molecule has 0 radical (unpaired) electrons. The molecule has 1 aliphatic rings. The van der Waals surface area contributed by atoms with Crippen LogP contribution in [0.5, 0.6) is 28.7 Å². The van der Waals surface area contributed by atoms with Crippen molar-refractivity contribution in [2.75, 3.05) is 43.2 Å². The molecule has 0 aromatic heterocycles. The van der Waals surface area contributed by atoms with Gasteiger partial charge in [0, 0.05) is 11.3 Å². The number of anilines is 2. The summed E-state index contributed by atoms with van der Waals surface area (Å²) in [5, 5.41) is 2.92.